The van der Waals surface area contributed by atoms with Crippen LogP contribution in [0.5, 0.6) is 0 Å². The van der Waals surface area contributed by atoms with E-state index in [1.165, 1.54) is 7.11 Å². The van der Waals surface area contributed by atoms with E-state index in [4.69, 9.17) is 0 Å². The monoisotopic (exact) mass is 121 g/mol. The molecule has 0 aliphatic carbocycles. The zero-order chi connectivity index (χ0) is 5.70. The highest BCUT2D eigenvalue weighted by Gasteiger charge is 1.90. The van der Waals surface area contributed by atoms with Gasteiger partial charge in [0.25, 0.3) is 5.91 Å². The van der Waals surface area contributed by atoms with Gasteiger partial charge in [-0.1, -0.05) is 0 Å². The molecule has 0 bridgehead atoms. The van der Waals surface area contributed by atoms with Crippen molar-refractivity contribution in [2.24, 2.45) is 0 Å². The summed E-state index contributed by atoms with van der Waals surface area (Å²) in [7, 11) is 1.38. The topological polar surface area (TPSA) is 38.3 Å². The van der Waals surface area contributed by atoms with Gasteiger partial charge in [-0.25, -0.2) is 5.48 Å². The second-order valence-corrected chi connectivity index (χ2v) is 1.20. The Labute approximate surface area is 47.4 Å². The second kappa shape index (κ2) is 3.95. The van der Waals surface area contributed by atoms with Crippen molar-refractivity contribution in [2.75, 3.05) is 12.9 Å². The standard InChI is InChI=1S/C3H7NO2S/c1-6-4-3(5)2-7/h7H,2H2,1H3,(H,4,5). The van der Waals surface area contributed by atoms with Crippen LogP contribution < -0.4 is 5.48 Å². The molecular weight excluding hydrogens is 114 g/mol. The van der Waals surface area contributed by atoms with Crippen LogP contribution in [-0.2, 0) is 9.63 Å². The molecule has 0 rings (SSSR count). The van der Waals surface area contributed by atoms with Crippen molar-refractivity contribution >= 4 is 18.5 Å². The SMILES string of the molecule is CONC(=O)CS. The zero-order valence-electron chi connectivity index (χ0n) is 3.97. The molecule has 0 fully saturated rings. The number of rotatable bonds is 2. The molecule has 0 radical (unpaired) electrons. The fourth-order valence-corrected chi connectivity index (χ4v) is 0.211. The fourth-order valence-electron chi connectivity index (χ4n) is 0.146. The third-order valence-electron chi connectivity index (χ3n) is 0.360. The Hall–Kier alpha value is -0.220. The van der Waals surface area contributed by atoms with Gasteiger partial charge in [0.05, 0.1) is 12.9 Å². The third-order valence-corrected chi connectivity index (χ3v) is 0.647. The number of nitrogens with one attached hydrogen (secondary N) is 1. The molecule has 0 atom stereocenters. The minimum atomic E-state index is -0.231. The highest BCUT2D eigenvalue weighted by Crippen LogP contribution is 1.69. The molecule has 0 aliphatic rings. The quantitative estimate of drug-likeness (QED) is 0.385. The summed E-state index contributed by atoms with van der Waals surface area (Å²) in [5, 5.41) is 0. The van der Waals surface area contributed by atoms with Gasteiger partial charge < -0.3 is 0 Å². The number of hydrogen-bond acceptors (Lipinski definition) is 3. The maximum Gasteiger partial charge on any atom is 0.253 e. The molecule has 0 heterocycles. The van der Waals surface area contributed by atoms with Gasteiger partial charge in [0.1, 0.15) is 0 Å². The lowest BCUT2D eigenvalue weighted by molar-refractivity contribution is -0.128. The Kier molecular flexibility index (Phi) is 3.83. The summed E-state index contributed by atoms with van der Waals surface area (Å²) in [5.74, 6) is -0.0702. The number of carbonyl (C=O) groups excluding carboxylic acids is 1. The van der Waals surface area contributed by atoms with Crippen LogP contribution in [0.3, 0.4) is 0 Å². The van der Waals surface area contributed by atoms with Gasteiger partial charge in [0.2, 0.25) is 0 Å². The van der Waals surface area contributed by atoms with Crippen molar-refractivity contribution in [3.05, 3.63) is 0 Å². The molecule has 7 heavy (non-hydrogen) atoms. The molecule has 0 unspecified atom stereocenters. The minimum Gasteiger partial charge on any atom is -0.277 e. The summed E-state index contributed by atoms with van der Waals surface area (Å²) in [6, 6.07) is 0. The van der Waals surface area contributed by atoms with E-state index in [-0.39, 0.29) is 11.7 Å². The molecule has 0 aromatic carbocycles. The van der Waals surface area contributed by atoms with E-state index >= 15 is 0 Å². The summed E-state index contributed by atoms with van der Waals surface area (Å²) in [6.45, 7) is 0. The lowest BCUT2D eigenvalue weighted by atomic mass is 10.8. The summed E-state index contributed by atoms with van der Waals surface area (Å²) < 4.78 is 0. The number of hydrogen-bond donors (Lipinski definition) is 2. The Morgan fingerprint density at radius 3 is 2.71 bits per heavy atom. The molecule has 0 saturated heterocycles. The van der Waals surface area contributed by atoms with Gasteiger partial charge in [0, 0.05) is 0 Å². The summed E-state index contributed by atoms with van der Waals surface area (Å²) in [5.41, 5.74) is 2.08. The molecule has 42 valence electrons. The van der Waals surface area contributed by atoms with Crippen molar-refractivity contribution in [3.63, 3.8) is 0 Å². The normalized spacial score (nSPS) is 8.29. The molecule has 0 saturated carbocycles. The maximum absolute atomic E-state index is 10.1. The van der Waals surface area contributed by atoms with E-state index in [1.807, 2.05) is 0 Å². The van der Waals surface area contributed by atoms with Crippen molar-refractivity contribution in [1.82, 2.24) is 5.48 Å². The number of thiol groups is 1. The van der Waals surface area contributed by atoms with Crippen molar-refractivity contribution in [1.29, 1.82) is 0 Å². The lowest BCUT2D eigenvalue weighted by Crippen LogP contribution is -2.22. The lowest BCUT2D eigenvalue weighted by Gasteiger charge is -1.93. The van der Waals surface area contributed by atoms with Gasteiger partial charge >= 0.3 is 0 Å². The first kappa shape index (κ1) is 6.78. The molecule has 0 aromatic heterocycles. The maximum atomic E-state index is 10.1. The van der Waals surface area contributed by atoms with Crippen LogP contribution in [0.25, 0.3) is 0 Å². The Morgan fingerprint density at radius 2 is 2.57 bits per heavy atom. The Bertz CT molecular complexity index is 66.0. The van der Waals surface area contributed by atoms with Gasteiger partial charge in [-0.3, -0.25) is 9.63 Å². The van der Waals surface area contributed by atoms with Crippen molar-refractivity contribution < 1.29 is 9.63 Å². The first-order valence-corrected chi connectivity index (χ1v) is 2.37. The smallest absolute Gasteiger partial charge is 0.253 e. The third kappa shape index (κ3) is 3.61. The highest BCUT2D eigenvalue weighted by molar-refractivity contribution is 7.81. The first-order chi connectivity index (χ1) is 3.31. The van der Waals surface area contributed by atoms with E-state index in [2.05, 4.69) is 22.9 Å². The first-order valence-electron chi connectivity index (χ1n) is 1.74. The van der Waals surface area contributed by atoms with Gasteiger partial charge in [-0.05, 0) is 0 Å². The van der Waals surface area contributed by atoms with Gasteiger partial charge in [-0.15, -0.1) is 0 Å². The van der Waals surface area contributed by atoms with E-state index in [0.29, 0.717) is 0 Å². The van der Waals surface area contributed by atoms with Gasteiger partial charge in [0.15, 0.2) is 0 Å². The highest BCUT2D eigenvalue weighted by atomic mass is 32.1. The summed E-state index contributed by atoms with van der Waals surface area (Å²) in [6.07, 6.45) is 0. The number of amides is 1. The van der Waals surface area contributed by atoms with Crippen LogP contribution in [0.4, 0.5) is 0 Å². The molecule has 0 aliphatic heterocycles. The predicted octanol–water partition coefficient (Wildman–Crippen LogP) is -0.406. The van der Waals surface area contributed by atoms with Crippen LogP contribution >= 0.6 is 12.6 Å². The molecule has 1 amide bonds. The molecule has 4 heteroatoms. The van der Waals surface area contributed by atoms with Crippen molar-refractivity contribution in [2.45, 2.75) is 0 Å². The predicted molar refractivity (Wildman–Crippen MR) is 29.0 cm³/mol. The Morgan fingerprint density at radius 1 is 2.00 bits per heavy atom. The molecular formula is C3H7NO2S. The van der Waals surface area contributed by atoms with Crippen LogP contribution in [-0.4, -0.2) is 18.8 Å². The van der Waals surface area contributed by atoms with Crippen LogP contribution in [0, 0.1) is 0 Å². The number of hydroxylamine groups is 1. The van der Waals surface area contributed by atoms with Crippen LogP contribution in [0.15, 0.2) is 0 Å². The second-order valence-electron chi connectivity index (χ2n) is 0.887. The molecule has 0 aromatic rings. The molecule has 0 spiro atoms. The van der Waals surface area contributed by atoms with E-state index < -0.39 is 0 Å². The number of carbonyl (C=O) groups is 1. The summed E-state index contributed by atoms with van der Waals surface area (Å²) in [4.78, 5) is 14.3. The van der Waals surface area contributed by atoms with Crippen molar-refractivity contribution in [3.8, 4) is 0 Å². The van der Waals surface area contributed by atoms with E-state index in [1.54, 1.807) is 0 Å². The van der Waals surface area contributed by atoms with E-state index in [9.17, 15) is 4.79 Å². The average molecular weight is 121 g/mol. The molecule has 3 nitrogen and oxygen atoms in total. The average Bonchev–Trinajstić information content (AvgIpc) is 1.68. The fraction of sp³-hybridized carbons (Fsp3) is 0.667. The molecule has 1 N–H and O–H groups in total. The zero-order valence-corrected chi connectivity index (χ0v) is 4.87. The van der Waals surface area contributed by atoms with Gasteiger partial charge in [-0.2, -0.15) is 12.6 Å². The minimum absolute atomic E-state index is 0.161. The van der Waals surface area contributed by atoms with Crippen LogP contribution in [0.2, 0.25) is 0 Å². The largest absolute Gasteiger partial charge is 0.277 e. The summed E-state index contributed by atoms with van der Waals surface area (Å²) >= 11 is 3.66. The Balaban J connectivity index is 3.00. The van der Waals surface area contributed by atoms with E-state index in [0.717, 1.165) is 0 Å². The van der Waals surface area contributed by atoms with Crippen LogP contribution in [0.1, 0.15) is 0 Å².